The van der Waals surface area contributed by atoms with Crippen LogP contribution in [0, 0.1) is 0 Å². The topological polar surface area (TPSA) is 120 Å². The highest BCUT2D eigenvalue weighted by molar-refractivity contribution is 5.89. The van der Waals surface area contributed by atoms with Gasteiger partial charge in [0.15, 0.2) is 0 Å². The van der Waals surface area contributed by atoms with Gasteiger partial charge in [0, 0.05) is 19.1 Å². The lowest BCUT2D eigenvalue weighted by molar-refractivity contribution is -0.149. The Morgan fingerprint density at radius 2 is 1.08 bits per heavy atom. The van der Waals surface area contributed by atoms with Crippen LogP contribution in [0.5, 0.6) is 0 Å². The monoisotopic (exact) mass is 678 g/mol. The summed E-state index contributed by atoms with van der Waals surface area (Å²) in [6.45, 7) is 2.82. The predicted octanol–water partition coefficient (Wildman–Crippen LogP) is 5.63. The second kappa shape index (κ2) is 20.6. The molecule has 2 saturated heterocycles. The molecule has 0 unspecified atom stereocenters. The lowest BCUT2D eigenvalue weighted by Gasteiger charge is -2.28. The van der Waals surface area contributed by atoms with Gasteiger partial charge in [-0.05, 0) is 47.9 Å². The highest BCUT2D eigenvalue weighted by atomic mass is 16.6. The third kappa shape index (κ3) is 12.9. The number of carbonyl (C=O) groups excluding carboxylic acids is 2. The number of hydrogen-bond donors (Lipinski definition) is 3. The molecule has 262 valence electrons. The third-order valence-corrected chi connectivity index (χ3v) is 8.30. The molecule has 0 saturated carbocycles. The first kappa shape index (κ1) is 36.4. The van der Waals surface area contributed by atoms with Crippen molar-refractivity contribution in [2.45, 2.75) is 70.2 Å². The molecule has 3 atom stereocenters. The molecule has 4 aromatic rings. The molecule has 2 aliphatic heterocycles. The highest BCUT2D eigenvalue weighted by Crippen LogP contribution is 2.13. The summed E-state index contributed by atoms with van der Waals surface area (Å²) in [4.78, 5) is 35.2. The van der Waals surface area contributed by atoms with Crippen molar-refractivity contribution in [3.63, 3.8) is 0 Å². The SMILES string of the molecule is O=C(OCc1ccccc1)[C@@H]1CCC(=NOCc2ccccc2)CN1.O=C(OCc1ccccc1)[C@@H]1CC[C@@H](NOCc2ccccc2)CN1. The molecule has 0 amide bonds. The van der Waals surface area contributed by atoms with Gasteiger partial charge in [-0.15, -0.1) is 0 Å². The summed E-state index contributed by atoms with van der Waals surface area (Å²) < 4.78 is 10.8. The van der Waals surface area contributed by atoms with Gasteiger partial charge in [-0.2, -0.15) is 5.48 Å². The minimum atomic E-state index is -0.281. The number of piperidine rings is 2. The minimum absolute atomic E-state index is 0.187. The van der Waals surface area contributed by atoms with Crippen LogP contribution in [0.25, 0.3) is 0 Å². The maximum Gasteiger partial charge on any atom is 0.323 e. The Morgan fingerprint density at radius 3 is 1.54 bits per heavy atom. The van der Waals surface area contributed by atoms with Crippen LogP contribution < -0.4 is 16.1 Å². The first-order valence-corrected chi connectivity index (χ1v) is 17.1. The van der Waals surface area contributed by atoms with Gasteiger partial charge in [0.2, 0.25) is 0 Å². The summed E-state index contributed by atoms with van der Waals surface area (Å²) in [5.41, 5.74) is 8.19. The molecule has 10 heteroatoms. The first-order valence-electron chi connectivity index (χ1n) is 17.1. The number of nitrogens with one attached hydrogen (secondary N) is 3. The first-order chi connectivity index (χ1) is 24.6. The molecule has 10 nitrogen and oxygen atoms in total. The largest absolute Gasteiger partial charge is 0.460 e. The molecule has 3 N–H and O–H groups in total. The molecule has 0 spiro atoms. The van der Waals surface area contributed by atoms with Crippen LogP contribution in [0.1, 0.15) is 47.9 Å². The lowest BCUT2D eigenvalue weighted by atomic mass is 10.0. The molecular weight excluding hydrogens is 632 g/mol. The van der Waals surface area contributed by atoms with Crippen LogP contribution in [0.2, 0.25) is 0 Å². The van der Waals surface area contributed by atoms with Crippen LogP contribution in [0.15, 0.2) is 126 Å². The Balaban J connectivity index is 0.000000194. The van der Waals surface area contributed by atoms with Crippen molar-refractivity contribution < 1.29 is 28.7 Å². The zero-order chi connectivity index (χ0) is 34.6. The normalized spacial score (nSPS) is 19.4. The Kier molecular flexibility index (Phi) is 15.0. The fourth-order valence-corrected chi connectivity index (χ4v) is 5.43. The Labute approximate surface area is 294 Å². The molecule has 0 radical (unpaired) electrons. The molecule has 0 bridgehead atoms. The molecule has 0 aliphatic carbocycles. The quantitative estimate of drug-likeness (QED) is 0.122. The predicted molar refractivity (Wildman–Crippen MR) is 191 cm³/mol. The zero-order valence-electron chi connectivity index (χ0n) is 28.2. The van der Waals surface area contributed by atoms with E-state index in [9.17, 15) is 9.59 Å². The van der Waals surface area contributed by atoms with E-state index < -0.39 is 0 Å². The number of benzene rings is 4. The molecule has 4 aromatic carbocycles. The molecule has 0 aromatic heterocycles. The van der Waals surface area contributed by atoms with E-state index in [1.54, 1.807) is 0 Å². The van der Waals surface area contributed by atoms with Crippen molar-refractivity contribution >= 4 is 17.7 Å². The van der Waals surface area contributed by atoms with E-state index in [2.05, 4.69) is 21.3 Å². The van der Waals surface area contributed by atoms with Gasteiger partial charge in [0.1, 0.15) is 31.9 Å². The van der Waals surface area contributed by atoms with Crippen molar-refractivity contribution in [2.24, 2.45) is 5.16 Å². The van der Waals surface area contributed by atoms with Crippen molar-refractivity contribution in [2.75, 3.05) is 13.1 Å². The number of hydrogen-bond acceptors (Lipinski definition) is 10. The van der Waals surface area contributed by atoms with Crippen molar-refractivity contribution in [3.8, 4) is 0 Å². The van der Waals surface area contributed by atoms with Gasteiger partial charge in [-0.1, -0.05) is 126 Å². The van der Waals surface area contributed by atoms with E-state index >= 15 is 0 Å². The van der Waals surface area contributed by atoms with Crippen molar-refractivity contribution in [3.05, 3.63) is 144 Å². The van der Waals surface area contributed by atoms with E-state index in [0.717, 1.165) is 47.2 Å². The van der Waals surface area contributed by atoms with Crippen LogP contribution in [0.4, 0.5) is 0 Å². The number of ether oxygens (including phenoxy) is 2. The molecule has 2 fully saturated rings. The van der Waals surface area contributed by atoms with Gasteiger partial charge in [0.25, 0.3) is 0 Å². The Hall–Kier alpha value is -4.87. The molecule has 50 heavy (non-hydrogen) atoms. The third-order valence-electron chi connectivity index (χ3n) is 8.30. The van der Waals surface area contributed by atoms with Gasteiger partial charge in [-0.25, -0.2) is 0 Å². The van der Waals surface area contributed by atoms with Gasteiger partial charge in [-0.3, -0.25) is 19.7 Å². The molecular formula is C40H46N4O6. The molecule has 2 aliphatic rings. The van der Waals surface area contributed by atoms with Crippen molar-refractivity contribution in [1.82, 2.24) is 16.1 Å². The van der Waals surface area contributed by atoms with E-state index in [1.165, 1.54) is 0 Å². The summed E-state index contributed by atoms with van der Waals surface area (Å²) >= 11 is 0. The average Bonchev–Trinajstić information content (AvgIpc) is 3.18. The minimum Gasteiger partial charge on any atom is -0.460 e. The van der Waals surface area contributed by atoms with E-state index in [4.69, 9.17) is 19.1 Å². The zero-order valence-corrected chi connectivity index (χ0v) is 28.2. The molecule has 6 rings (SSSR count). The maximum absolute atomic E-state index is 12.1. The summed E-state index contributed by atoms with van der Waals surface area (Å²) in [5.74, 6) is -0.402. The van der Waals surface area contributed by atoms with Gasteiger partial charge < -0.3 is 19.6 Å². The number of nitrogens with zero attached hydrogens (tertiary/aromatic N) is 1. The highest BCUT2D eigenvalue weighted by Gasteiger charge is 2.27. The summed E-state index contributed by atoms with van der Waals surface area (Å²) in [7, 11) is 0. The van der Waals surface area contributed by atoms with E-state index in [1.807, 2.05) is 121 Å². The Bertz CT molecular complexity index is 1570. The van der Waals surface area contributed by atoms with Crippen molar-refractivity contribution in [1.29, 1.82) is 0 Å². The van der Waals surface area contributed by atoms with E-state index in [0.29, 0.717) is 45.9 Å². The number of hydroxylamine groups is 1. The summed E-state index contributed by atoms with van der Waals surface area (Å²) in [6, 6.07) is 39.0. The number of oxime groups is 1. The van der Waals surface area contributed by atoms with Crippen LogP contribution in [-0.2, 0) is 55.2 Å². The number of carbonyl (C=O) groups is 2. The number of esters is 2. The molecule has 2 heterocycles. The Morgan fingerprint density at radius 1 is 0.600 bits per heavy atom. The van der Waals surface area contributed by atoms with E-state index in [-0.39, 0.29) is 30.1 Å². The average molecular weight is 679 g/mol. The lowest BCUT2D eigenvalue weighted by Crippen LogP contribution is -2.51. The van der Waals surface area contributed by atoms with Gasteiger partial charge >= 0.3 is 11.9 Å². The summed E-state index contributed by atoms with van der Waals surface area (Å²) in [5, 5.41) is 10.6. The van der Waals surface area contributed by atoms with Crippen LogP contribution in [-0.4, -0.2) is 48.9 Å². The second-order valence-corrected chi connectivity index (χ2v) is 12.2. The number of rotatable bonds is 13. The smallest absolute Gasteiger partial charge is 0.323 e. The van der Waals surface area contributed by atoms with Crippen LogP contribution in [0.3, 0.4) is 0 Å². The fourth-order valence-electron chi connectivity index (χ4n) is 5.43. The summed E-state index contributed by atoms with van der Waals surface area (Å²) in [6.07, 6.45) is 3.00. The van der Waals surface area contributed by atoms with Gasteiger partial charge in [0.05, 0.1) is 12.3 Å². The maximum atomic E-state index is 12.1. The van der Waals surface area contributed by atoms with Crippen LogP contribution >= 0.6 is 0 Å². The second-order valence-electron chi connectivity index (χ2n) is 12.2. The fraction of sp³-hybridized carbons (Fsp3) is 0.325. The standard InChI is InChI=1S/C20H24N2O3.C20H22N2O3/c2*23-20(24-14-16-7-3-1-4-8-16)19-12-11-18(13-21-19)22-25-15-17-9-5-2-6-10-17/h1-10,18-19,21-22H,11-15H2;1-10,19,21H,11-15H2/t18-,19+;19-/m10/s1.